The normalized spacial score (nSPS) is 17.9. The molecule has 4 aromatic rings. The zero-order valence-corrected chi connectivity index (χ0v) is 26.3. The maximum Gasteiger partial charge on any atom is 0.262 e. The van der Waals surface area contributed by atoms with E-state index >= 15 is 0 Å². The lowest BCUT2D eigenvalue weighted by atomic mass is 10.1. The van der Waals surface area contributed by atoms with E-state index in [-0.39, 0.29) is 11.1 Å². The Morgan fingerprint density at radius 2 is 1.77 bits per heavy atom. The predicted molar refractivity (Wildman–Crippen MR) is 166 cm³/mol. The van der Waals surface area contributed by atoms with Crippen LogP contribution in [0.1, 0.15) is 24.0 Å². The molecule has 2 saturated heterocycles. The van der Waals surface area contributed by atoms with Crippen LogP contribution in [0.2, 0.25) is 5.02 Å². The minimum Gasteiger partial charge on any atom is -0.351 e. The highest BCUT2D eigenvalue weighted by Crippen LogP contribution is 2.28. The molecule has 2 aliphatic heterocycles. The molecule has 0 aliphatic carbocycles. The molecule has 1 aromatic carbocycles. The minimum absolute atomic E-state index is 0.0268. The molecule has 0 atom stereocenters. The number of aryl methyl sites for hydroxylation is 2. The summed E-state index contributed by atoms with van der Waals surface area (Å²) in [4.78, 5) is 18.0. The van der Waals surface area contributed by atoms with E-state index in [2.05, 4.69) is 62.4 Å². The van der Waals surface area contributed by atoms with E-state index in [0.29, 0.717) is 42.6 Å². The lowest BCUT2D eigenvalue weighted by Gasteiger charge is -2.32. The van der Waals surface area contributed by atoms with Crippen molar-refractivity contribution in [3.05, 3.63) is 65.5 Å². The van der Waals surface area contributed by atoms with E-state index in [9.17, 15) is 8.42 Å². The van der Waals surface area contributed by atoms with Crippen LogP contribution in [0.25, 0.3) is 16.9 Å². The van der Waals surface area contributed by atoms with Crippen LogP contribution in [0.4, 0.5) is 5.95 Å². The molecular weight excluding hydrogens is 588 g/mol. The average Bonchev–Trinajstić information content (AvgIpc) is 3.66. The molecule has 6 rings (SSSR count). The number of imidazole rings is 1. The Bertz CT molecular complexity index is 1690. The molecule has 1 N–H and O–H groups in total. The Morgan fingerprint density at radius 1 is 1.00 bits per heavy atom. The van der Waals surface area contributed by atoms with Gasteiger partial charge in [-0.1, -0.05) is 23.7 Å². The second kappa shape index (κ2) is 12.3. The summed E-state index contributed by atoms with van der Waals surface area (Å²) in [6.07, 6.45) is 9.54. The number of hydrogen-bond acceptors (Lipinski definition) is 9. The first-order chi connectivity index (χ1) is 20.7. The highest BCUT2D eigenvalue weighted by molar-refractivity contribution is 7.89. The summed E-state index contributed by atoms with van der Waals surface area (Å²) in [7, 11) is 0.316. The smallest absolute Gasteiger partial charge is 0.262 e. The molecule has 3 aromatic heterocycles. The third-order valence-corrected chi connectivity index (χ3v) is 10.2. The van der Waals surface area contributed by atoms with Gasteiger partial charge in [-0.15, -0.1) is 0 Å². The summed E-state index contributed by atoms with van der Waals surface area (Å²) >= 11 is 6.53. The Labute approximate surface area is 257 Å². The zero-order chi connectivity index (χ0) is 30.1. The summed E-state index contributed by atoms with van der Waals surface area (Å²) in [5.41, 5.74) is 4.82. The number of rotatable bonds is 8. The number of nitrogens with one attached hydrogen (secondary N) is 1. The molecule has 0 spiro atoms. The van der Waals surface area contributed by atoms with Crippen molar-refractivity contribution in [1.29, 1.82) is 0 Å². The number of nitrogens with zero attached hydrogens (tertiary/aromatic N) is 9. The van der Waals surface area contributed by atoms with Gasteiger partial charge < -0.3 is 14.8 Å². The predicted octanol–water partition coefficient (Wildman–Crippen LogP) is 3.04. The fraction of sp³-hybridized carbons (Fsp3) is 0.448. The largest absolute Gasteiger partial charge is 0.351 e. The fourth-order valence-electron chi connectivity index (χ4n) is 5.63. The monoisotopic (exact) mass is 624 g/mol. The number of piperidine rings is 1. The van der Waals surface area contributed by atoms with Crippen molar-refractivity contribution in [2.45, 2.75) is 37.4 Å². The number of hydrogen-bond donors (Lipinski definition) is 1. The van der Waals surface area contributed by atoms with E-state index in [4.69, 9.17) is 16.6 Å². The molecule has 43 heavy (non-hydrogen) atoms. The van der Waals surface area contributed by atoms with E-state index in [0.717, 1.165) is 49.5 Å². The number of anilines is 1. The number of sulfonamides is 1. The lowest BCUT2D eigenvalue weighted by Crippen LogP contribution is -2.43. The van der Waals surface area contributed by atoms with Crippen LogP contribution in [-0.4, -0.2) is 104 Å². The number of piperazine rings is 1. The molecule has 0 radical (unpaired) electrons. The second-order valence-electron chi connectivity index (χ2n) is 11.5. The Balaban J connectivity index is 1.10. The minimum atomic E-state index is -3.61. The molecule has 0 bridgehead atoms. The third kappa shape index (κ3) is 6.60. The number of benzene rings is 1. The van der Waals surface area contributed by atoms with Gasteiger partial charge in [-0.05, 0) is 44.0 Å². The molecular formula is C29H37ClN10O2S. The summed E-state index contributed by atoms with van der Waals surface area (Å²) < 4.78 is 30.8. The van der Waals surface area contributed by atoms with Crippen LogP contribution < -0.4 is 5.32 Å². The van der Waals surface area contributed by atoms with E-state index < -0.39 is 10.0 Å². The SMILES string of the molecule is Cc1cc(CN2CCN(C)CC2)ccc1-n1cc(-c2nc(NC3CCN(S(=O)(=O)c4cn(C)cn4)CC3)ncc2Cl)cn1. The molecule has 0 unspecified atom stereocenters. The number of aromatic nitrogens is 6. The topological polar surface area (TPSA) is 117 Å². The van der Waals surface area contributed by atoms with Crippen molar-refractivity contribution < 1.29 is 8.42 Å². The van der Waals surface area contributed by atoms with Crippen molar-refractivity contribution in [3.8, 4) is 16.9 Å². The summed E-state index contributed by atoms with van der Waals surface area (Å²) in [6, 6.07) is 6.56. The van der Waals surface area contributed by atoms with Crippen molar-refractivity contribution in [2.24, 2.45) is 7.05 Å². The molecule has 0 saturated carbocycles. The van der Waals surface area contributed by atoms with Gasteiger partial charge in [0.15, 0.2) is 5.03 Å². The van der Waals surface area contributed by atoms with Crippen LogP contribution >= 0.6 is 11.6 Å². The van der Waals surface area contributed by atoms with Gasteiger partial charge in [-0.3, -0.25) is 4.90 Å². The first-order valence-electron chi connectivity index (χ1n) is 14.5. The number of likely N-dealkylation sites (N-methyl/N-ethyl adjacent to an activating group) is 1. The maximum atomic E-state index is 12.9. The van der Waals surface area contributed by atoms with Gasteiger partial charge in [0.05, 0.1) is 35.1 Å². The van der Waals surface area contributed by atoms with Crippen molar-refractivity contribution in [2.75, 3.05) is 51.6 Å². The Morgan fingerprint density at radius 3 is 2.47 bits per heavy atom. The van der Waals surface area contributed by atoms with Crippen LogP contribution in [-0.2, 0) is 23.6 Å². The van der Waals surface area contributed by atoms with Crippen LogP contribution in [0.3, 0.4) is 0 Å². The summed E-state index contributed by atoms with van der Waals surface area (Å²) in [6.45, 7) is 8.21. The zero-order valence-electron chi connectivity index (χ0n) is 24.7. The molecule has 0 amide bonds. The van der Waals surface area contributed by atoms with Crippen LogP contribution in [0, 0.1) is 6.92 Å². The molecule has 5 heterocycles. The lowest BCUT2D eigenvalue weighted by molar-refractivity contribution is 0.148. The van der Waals surface area contributed by atoms with E-state index in [1.54, 1.807) is 24.0 Å². The van der Waals surface area contributed by atoms with Crippen molar-refractivity contribution >= 4 is 27.6 Å². The van der Waals surface area contributed by atoms with Crippen molar-refractivity contribution in [1.82, 2.24) is 43.4 Å². The Kier molecular flexibility index (Phi) is 8.51. The standard InChI is InChI=1S/C29H37ClN10O2S/c1-21-14-22(17-38-12-10-36(2)11-13-38)4-5-26(21)40-18-23(15-33-40)28-25(30)16-31-29(35-28)34-24-6-8-39(9-7-24)43(41,42)27-19-37(3)20-32-27/h4-5,14-16,18-20,24H,6-13,17H2,1-3H3,(H,31,34,35). The van der Waals surface area contributed by atoms with Gasteiger partial charge in [-0.2, -0.15) is 9.40 Å². The van der Waals surface area contributed by atoms with Gasteiger partial charge in [0.2, 0.25) is 5.95 Å². The summed E-state index contributed by atoms with van der Waals surface area (Å²) in [5, 5.41) is 8.49. The molecule has 2 aliphatic rings. The molecule has 2 fully saturated rings. The highest BCUT2D eigenvalue weighted by Gasteiger charge is 2.31. The molecule has 12 nitrogen and oxygen atoms in total. The van der Waals surface area contributed by atoms with Gasteiger partial charge in [0, 0.05) is 76.9 Å². The molecule has 228 valence electrons. The Hall–Kier alpha value is -3.36. The van der Waals surface area contributed by atoms with Gasteiger partial charge in [0.1, 0.15) is 0 Å². The van der Waals surface area contributed by atoms with Crippen molar-refractivity contribution in [3.63, 3.8) is 0 Å². The summed E-state index contributed by atoms with van der Waals surface area (Å²) in [5.74, 6) is 0.447. The number of halogens is 1. The van der Waals surface area contributed by atoms with Crippen LogP contribution in [0.5, 0.6) is 0 Å². The first kappa shape index (κ1) is 29.7. The van der Waals surface area contributed by atoms with Gasteiger partial charge >= 0.3 is 0 Å². The molecule has 14 heteroatoms. The quantitative estimate of drug-likeness (QED) is 0.316. The van der Waals surface area contributed by atoms with Gasteiger partial charge in [-0.25, -0.2) is 28.1 Å². The fourth-order valence-corrected chi connectivity index (χ4v) is 7.27. The average molecular weight is 625 g/mol. The maximum absolute atomic E-state index is 12.9. The van der Waals surface area contributed by atoms with E-state index in [1.807, 2.05) is 10.9 Å². The third-order valence-electron chi connectivity index (χ3n) is 8.18. The van der Waals surface area contributed by atoms with Gasteiger partial charge in [0.25, 0.3) is 10.0 Å². The highest BCUT2D eigenvalue weighted by atomic mass is 35.5. The second-order valence-corrected chi connectivity index (χ2v) is 13.8. The van der Waals surface area contributed by atoms with Crippen LogP contribution in [0.15, 0.2) is 54.3 Å². The first-order valence-corrected chi connectivity index (χ1v) is 16.3. The van der Waals surface area contributed by atoms with E-state index in [1.165, 1.54) is 22.4 Å².